The maximum absolute atomic E-state index is 13.8. The fourth-order valence-corrected chi connectivity index (χ4v) is 3.67. The van der Waals surface area contributed by atoms with Crippen LogP contribution >= 0.6 is 0 Å². The lowest BCUT2D eigenvalue weighted by molar-refractivity contribution is -0.0920. The lowest BCUT2D eigenvalue weighted by Crippen LogP contribution is -2.53. The highest BCUT2D eigenvalue weighted by atomic mass is 19.1. The van der Waals surface area contributed by atoms with Crippen LogP contribution in [-0.4, -0.2) is 47.8 Å². The van der Waals surface area contributed by atoms with Crippen LogP contribution in [0, 0.1) is 11.6 Å². The van der Waals surface area contributed by atoms with Crippen LogP contribution in [0.3, 0.4) is 0 Å². The summed E-state index contributed by atoms with van der Waals surface area (Å²) in [4.78, 5) is 39.9. The van der Waals surface area contributed by atoms with Gasteiger partial charge in [-0.05, 0) is 12.5 Å². The molecule has 0 bridgehead atoms. The molecule has 0 unspecified atom stereocenters. The topological polar surface area (TPSA) is 89.9 Å². The average molecular weight is 419 g/mol. The highest BCUT2D eigenvalue weighted by molar-refractivity contribution is 5.99. The van der Waals surface area contributed by atoms with Gasteiger partial charge in [-0.15, -0.1) is 0 Å². The van der Waals surface area contributed by atoms with Gasteiger partial charge in [-0.2, -0.15) is 0 Å². The van der Waals surface area contributed by atoms with Gasteiger partial charge in [0, 0.05) is 30.9 Å². The van der Waals surface area contributed by atoms with Crippen LogP contribution in [-0.2, 0) is 17.8 Å². The normalized spacial score (nSPS) is 17.9. The Hall–Kier alpha value is -3.27. The molecule has 0 aliphatic carbocycles. The number of halogens is 2. The number of hydrogen-bond donors (Lipinski definition) is 1. The van der Waals surface area contributed by atoms with Crippen molar-refractivity contribution < 1.29 is 27.8 Å². The maximum atomic E-state index is 13.8. The molecule has 1 saturated heterocycles. The number of methoxy groups -OCH3 is 1. The minimum absolute atomic E-state index is 0.0605. The van der Waals surface area contributed by atoms with Crippen LogP contribution in [0.1, 0.15) is 32.8 Å². The van der Waals surface area contributed by atoms with Crippen molar-refractivity contribution in [2.75, 3.05) is 20.3 Å². The third kappa shape index (κ3) is 3.43. The van der Waals surface area contributed by atoms with Crippen molar-refractivity contribution in [3.05, 3.63) is 63.1 Å². The van der Waals surface area contributed by atoms with Gasteiger partial charge in [-0.1, -0.05) is 6.07 Å². The average Bonchev–Trinajstić information content (AvgIpc) is 2.73. The first-order valence-corrected chi connectivity index (χ1v) is 9.37. The number of aromatic nitrogens is 1. The molecule has 2 aromatic rings. The van der Waals surface area contributed by atoms with Crippen molar-refractivity contribution in [1.82, 2.24) is 14.8 Å². The van der Waals surface area contributed by atoms with E-state index in [-0.39, 0.29) is 35.7 Å². The van der Waals surface area contributed by atoms with Gasteiger partial charge >= 0.3 is 0 Å². The van der Waals surface area contributed by atoms with Crippen LogP contribution in [0.2, 0.25) is 0 Å². The molecule has 3 heterocycles. The number of ether oxygens (including phenoxy) is 2. The van der Waals surface area contributed by atoms with Crippen molar-refractivity contribution in [2.45, 2.75) is 25.7 Å². The van der Waals surface area contributed by atoms with Crippen molar-refractivity contribution >= 4 is 11.8 Å². The first-order valence-electron chi connectivity index (χ1n) is 9.37. The van der Waals surface area contributed by atoms with Crippen LogP contribution in [0.25, 0.3) is 0 Å². The molecule has 1 aromatic carbocycles. The van der Waals surface area contributed by atoms with Gasteiger partial charge in [0.15, 0.2) is 17.7 Å². The fourth-order valence-electron chi connectivity index (χ4n) is 3.67. The van der Waals surface area contributed by atoms with E-state index in [1.165, 1.54) is 28.8 Å². The second kappa shape index (κ2) is 7.86. The van der Waals surface area contributed by atoms with E-state index in [4.69, 9.17) is 9.47 Å². The summed E-state index contributed by atoms with van der Waals surface area (Å²) in [6, 6.07) is 2.99. The summed E-state index contributed by atoms with van der Waals surface area (Å²) >= 11 is 0. The zero-order chi connectivity index (χ0) is 21.4. The number of nitrogens with one attached hydrogen (secondary N) is 1. The third-order valence-electron chi connectivity index (χ3n) is 5.16. The summed E-state index contributed by atoms with van der Waals surface area (Å²) in [7, 11) is 1.25. The number of pyridine rings is 1. The first kappa shape index (κ1) is 20.0. The number of amides is 2. The van der Waals surface area contributed by atoms with Crippen molar-refractivity contribution in [2.24, 2.45) is 0 Å². The van der Waals surface area contributed by atoms with Gasteiger partial charge < -0.3 is 24.3 Å². The molecular weight excluding hydrogens is 400 g/mol. The van der Waals surface area contributed by atoms with E-state index in [0.29, 0.717) is 25.6 Å². The molecule has 1 fully saturated rings. The number of nitrogens with zero attached hydrogens (tertiary/aromatic N) is 2. The molecule has 8 nitrogen and oxygen atoms in total. The van der Waals surface area contributed by atoms with E-state index >= 15 is 0 Å². The molecule has 2 aliphatic rings. The summed E-state index contributed by atoms with van der Waals surface area (Å²) < 4.78 is 39.1. The molecule has 10 heteroatoms. The summed E-state index contributed by atoms with van der Waals surface area (Å²) in [5, 5.41) is 2.45. The van der Waals surface area contributed by atoms with Gasteiger partial charge in [0.25, 0.3) is 11.8 Å². The Balaban J connectivity index is 1.65. The molecule has 1 atom stereocenters. The molecule has 1 aromatic heterocycles. The zero-order valence-electron chi connectivity index (χ0n) is 16.1. The standard InChI is InChI=1S/C20H19F2N3O5/c1-29-18-16-20(28)25-5-2-6-30-15(25)10-24(16)9-13(17(18)26)19(27)23-8-11-3-4-12(21)7-14(11)22/h3-4,7,9,15H,2,5-6,8,10H2,1H3,(H,23,27)/t15-/m0/s1. The fraction of sp³-hybridized carbons (Fsp3) is 0.350. The molecule has 4 rings (SSSR count). The van der Waals surface area contributed by atoms with Crippen LogP contribution in [0.5, 0.6) is 5.75 Å². The van der Waals surface area contributed by atoms with Gasteiger partial charge in [0.1, 0.15) is 17.2 Å². The monoisotopic (exact) mass is 419 g/mol. The largest absolute Gasteiger partial charge is 0.491 e. The SMILES string of the molecule is COc1c2n(cc(C(=O)NCc3ccc(F)cc3F)c1=O)C[C@@H]1OCCCN1C2=O. The van der Waals surface area contributed by atoms with Crippen LogP contribution < -0.4 is 15.5 Å². The molecule has 2 amide bonds. The Labute approximate surface area is 170 Å². The maximum Gasteiger partial charge on any atom is 0.276 e. The lowest BCUT2D eigenvalue weighted by atomic mass is 10.1. The van der Waals surface area contributed by atoms with Gasteiger partial charge in [-0.25, -0.2) is 8.78 Å². The molecule has 1 N–H and O–H groups in total. The van der Waals surface area contributed by atoms with E-state index in [1.807, 2.05) is 0 Å². The second-order valence-electron chi connectivity index (χ2n) is 7.00. The summed E-state index contributed by atoms with van der Waals surface area (Å²) in [6.07, 6.45) is 1.48. The van der Waals surface area contributed by atoms with Gasteiger partial charge in [0.05, 0.1) is 20.3 Å². The van der Waals surface area contributed by atoms with E-state index in [9.17, 15) is 23.2 Å². The van der Waals surface area contributed by atoms with E-state index in [2.05, 4.69) is 5.32 Å². The van der Waals surface area contributed by atoms with Crippen LogP contribution in [0.4, 0.5) is 8.78 Å². The third-order valence-corrected chi connectivity index (χ3v) is 5.16. The quantitative estimate of drug-likeness (QED) is 0.806. The van der Waals surface area contributed by atoms with Crippen molar-refractivity contribution in [1.29, 1.82) is 0 Å². The zero-order valence-corrected chi connectivity index (χ0v) is 16.1. The second-order valence-corrected chi connectivity index (χ2v) is 7.00. The van der Waals surface area contributed by atoms with Crippen molar-refractivity contribution in [3.63, 3.8) is 0 Å². The number of rotatable bonds is 4. The highest BCUT2D eigenvalue weighted by Crippen LogP contribution is 2.26. The summed E-state index contributed by atoms with van der Waals surface area (Å²) in [5.74, 6) is -2.94. The number of carbonyl (C=O) groups excluding carboxylic acids is 2. The van der Waals surface area contributed by atoms with Crippen LogP contribution in [0.15, 0.2) is 29.2 Å². The summed E-state index contributed by atoms with van der Waals surface area (Å²) in [5.41, 5.74) is -0.873. The van der Waals surface area contributed by atoms with E-state index < -0.39 is 35.1 Å². The lowest BCUT2D eigenvalue weighted by Gasteiger charge is -2.40. The Morgan fingerprint density at radius 1 is 1.33 bits per heavy atom. The minimum Gasteiger partial charge on any atom is -0.491 e. The molecule has 2 aliphatic heterocycles. The number of hydrogen-bond acceptors (Lipinski definition) is 5. The Bertz CT molecular complexity index is 1080. The molecule has 0 radical (unpaired) electrons. The Morgan fingerprint density at radius 3 is 2.87 bits per heavy atom. The van der Waals surface area contributed by atoms with Gasteiger partial charge in [0.2, 0.25) is 5.43 Å². The Morgan fingerprint density at radius 2 is 2.13 bits per heavy atom. The smallest absolute Gasteiger partial charge is 0.276 e. The molecule has 30 heavy (non-hydrogen) atoms. The van der Waals surface area contributed by atoms with E-state index in [1.54, 1.807) is 0 Å². The molecular formula is C20H19F2N3O5. The summed E-state index contributed by atoms with van der Waals surface area (Å²) in [6.45, 7) is 1.02. The van der Waals surface area contributed by atoms with Gasteiger partial charge in [-0.3, -0.25) is 14.4 Å². The molecule has 158 valence electrons. The predicted molar refractivity (Wildman–Crippen MR) is 100 cm³/mol. The highest BCUT2D eigenvalue weighted by Gasteiger charge is 2.38. The number of fused-ring (bicyclic) bond motifs is 2. The first-order chi connectivity index (χ1) is 14.4. The predicted octanol–water partition coefficient (Wildman–Crippen LogP) is 1.27. The van der Waals surface area contributed by atoms with E-state index in [0.717, 1.165) is 6.07 Å². The minimum atomic E-state index is -0.810. The number of carbonyl (C=O) groups is 2. The molecule has 0 spiro atoms. The number of benzene rings is 1. The molecule has 0 saturated carbocycles. The Kier molecular flexibility index (Phi) is 5.25. The van der Waals surface area contributed by atoms with Crippen molar-refractivity contribution in [3.8, 4) is 5.75 Å².